The van der Waals surface area contributed by atoms with Crippen molar-refractivity contribution in [2.45, 2.75) is 20.8 Å². The third kappa shape index (κ3) is 4.85. The quantitative estimate of drug-likeness (QED) is 0.587. The van der Waals surface area contributed by atoms with Gasteiger partial charge in [-0.2, -0.15) is 5.10 Å². The maximum Gasteiger partial charge on any atom is 0.259 e. The van der Waals surface area contributed by atoms with Crippen LogP contribution in [0.5, 0.6) is 5.75 Å². The molecular weight excluding hydrogens is 290 g/mol. The van der Waals surface area contributed by atoms with E-state index < -0.39 is 0 Å². The number of carbonyl (C=O) groups excluding carboxylic acids is 1. The zero-order chi connectivity index (χ0) is 16.8. The van der Waals surface area contributed by atoms with Gasteiger partial charge in [-0.05, 0) is 61.7 Å². The average molecular weight is 311 g/mol. The number of phenols is 1. The van der Waals surface area contributed by atoms with Crippen LogP contribution in [0.15, 0.2) is 41.5 Å². The monoisotopic (exact) mass is 311 g/mol. The zero-order valence-corrected chi connectivity index (χ0v) is 13.6. The number of hydrogen-bond acceptors (Lipinski definition) is 4. The Morgan fingerprint density at radius 1 is 1.13 bits per heavy atom. The first kappa shape index (κ1) is 16.5. The van der Waals surface area contributed by atoms with Gasteiger partial charge < -0.3 is 10.4 Å². The molecule has 0 aliphatic rings. The highest BCUT2D eigenvalue weighted by Crippen LogP contribution is 2.21. The molecular formula is C18H21N3O2. The highest BCUT2D eigenvalue weighted by atomic mass is 16.3. The topological polar surface area (TPSA) is 73.7 Å². The van der Waals surface area contributed by atoms with Crippen LogP contribution in [0.2, 0.25) is 0 Å². The van der Waals surface area contributed by atoms with Gasteiger partial charge in [-0.3, -0.25) is 4.79 Å². The molecule has 0 aromatic heterocycles. The van der Waals surface area contributed by atoms with Gasteiger partial charge in [0.25, 0.3) is 5.91 Å². The van der Waals surface area contributed by atoms with E-state index in [0.717, 1.165) is 22.4 Å². The third-order valence-electron chi connectivity index (χ3n) is 3.40. The number of aromatic hydroxyl groups is 1. The van der Waals surface area contributed by atoms with Crippen molar-refractivity contribution in [1.82, 2.24) is 5.43 Å². The van der Waals surface area contributed by atoms with Gasteiger partial charge >= 0.3 is 0 Å². The molecule has 23 heavy (non-hydrogen) atoms. The van der Waals surface area contributed by atoms with Crippen LogP contribution in [0.25, 0.3) is 0 Å². The standard InChI is InChI=1S/C18H21N3O2/c1-12-8-13(2)18(14(3)9-12)19-11-17(23)21-20-10-15-4-6-16(22)7-5-15/h4-10,19,22H,11H2,1-3H3,(H,21,23)/b20-10+. The Hall–Kier alpha value is -2.82. The van der Waals surface area contributed by atoms with Crippen molar-refractivity contribution < 1.29 is 9.90 Å². The summed E-state index contributed by atoms with van der Waals surface area (Å²) in [4.78, 5) is 11.8. The molecule has 0 aliphatic heterocycles. The van der Waals surface area contributed by atoms with Crippen LogP contribution in [0.3, 0.4) is 0 Å². The minimum atomic E-state index is -0.223. The van der Waals surface area contributed by atoms with Gasteiger partial charge in [0.2, 0.25) is 0 Å². The summed E-state index contributed by atoms with van der Waals surface area (Å²) in [5.41, 5.74) is 7.67. The number of benzene rings is 2. The van der Waals surface area contributed by atoms with Crippen LogP contribution >= 0.6 is 0 Å². The number of carbonyl (C=O) groups is 1. The molecule has 0 aliphatic carbocycles. The van der Waals surface area contributed by atoms with Crippen LogP contribution in [-0.2, 0) is 4.79 Å². The van der Waals surface area contributed by atoms with Gasteiger partial charge in [-0.1, -0.05) is 17.7 Å². The highest BCUT2D eigenvalue weighted by Gasteiger charge is 2.05. The molecule has 0 saturated carbocycles. The van der Waals surface area contributed by atoms with E-state index in [0.29, 0.717) is 0 Å². The summed E-state index contributed by atoms with van der Waals surface area (Å²) in [5, 5.41) is 16.2. The molecule has 2 aromatic carbocycles. The highest BCUT2D eigenvalue weighted by molar-refractivity contribution is 5.84. The number of anilines is 1. The molecule has 2 aromatic rings. The van der Waals surface area contributed by atoms with Crippen LogP contribution in [0.1, 0.15) is 22.3 Å². The Bertz CT molecular complexity index is 699. The molecule has 0 unspecified atom stereocenters. The van der Waals surface area contributed by atoms with E-state index in [1.54, 1.807) is 24.3 Å². The maximum atomic E-state index is 11.8. The minimum absolute atomic E-state index is 0.150. The second-order valence-corrected chi connectivity index (χ2v) is 5.51. The number of phenolic OH excluding ortho intramolecular Hbond substituents is 1. The van der Waals surface area contributed by atoms with Crippen molar-refractivity contribution in [3.05, 3.63) is 58.7 Å². The lowest BCUT2D eigenvalue weighted by atomic mass is 10.1. The fourth-order valence-electron chi connectivity index (χ4n) is 2.41. The van der Waals surface area contributed by atoms with Crippen LogP contribution in [0, 0.1) is 20.8 Å². The first-order valence-corrected chi connectivity index (χ1v) is 7.38. The molecule has 0 fully saturated rings. The largest absolute Gasteiger partial charge is 0.508 e. The van der Waals surface area contributed by atoms with E-state index in [2.05, 4.69) is 34.9 Å². The molecule has 5 nitrogen and oxygen atoms in total. The number of hydrazone groups is 1. The molecule has 5 heteroatoms. The first-order valence-electron chi connectivity index (χ1n) is 7.38. The predicted molar refractivity (Wildman–Crippen MR) is 93.0 cm³/mol. The van der Waals surface area contributed by atoms with Crippen molar-refractivity contribution >= 4 is 17.8 Å². The fourth-order valence-corrected chi connectivity index (χ4v) is 2.41. The fraction of sp³-hybridized carbons (Fsp3) is 0.222. The maximum absolute atomic E-state index is 11.8. The summed E-state index contributed by atoms with van der Waals surface area (Å²) in [7, 11) is 0. The molecule has 0 atom stereocenters. The Morgan fingerprint density at radius 2 is 1.74 bits per heavy atom. The van der Waals surface area contributed by atoms with Gasteiger partial charge in [0.05, 0.1) is 12.8 Å². The van der Waals surface area contributed by atoms with E-state index in [-0.39, 0.29) is 18.2 Å². The summed E-state index contributed by atoms with van der Waals surface area (Å²) in [6.07, 6.45) is 1.53. The summed E-state index contributed by atoms with van der Waals surface area (Å²) in [5.74, 6) is -0.0290. The SMILES string of the molecule is Cc1cc(C)c(NCC(=O)N/N=C/c2ccc(O)cc2)c(C)c1. The van der Waals surface area contributed by atoms with Gasteiger partial charge in [0, 0.05) is 5.69 Å². The molecule has 0 bridgehead atoms. The van der Waals surface area contributed by atoms with Crippen molar-refractivity contribution in [3.63, 3.8) is 0 Å². The van der Waals surface area contributed by atoms with Gasteiger partial charge in [-0.15, -0.1) is 0 Å². The molecule has 0 spiro atoms. The minimum Gasteiger partial charge on any atom is -0.508 e. The van der Waals surface area contributed by atoms with Crippen molar-refractivity contribution in [2.24, 2.45) is 5.10 Å². The van der Waals surface area contributed by atoms with E-state index in [4.69, 9.17) is 0 Å². The molecule has 3 N–H and O–H groups in total. The van der Waals surface area contributed by atoms with Crippen LogP contribution < -0.4 is 10.7 Å². The summed E-state index contributed by atoms with van der Waals surface area (Å²) in [6, 6.07) is 10.7. The normalized spacial score (nSPS) is 10.7. The van der Waals surface area contributed by atoms with E-state index in [1.807, 2.05) is 13.8 Å². The Labute approximate surface area is 136 Å². The second kappa shape index (κ2) is 7.45. The molecule has 120 valence electrons. The van der Waals surface area contributed by atoms with Crippen molar-refractivity contribution in [3.8, 4) is 5.75 Å². The van der Waals surface area contributed by atoms with E-state index in [1.165, 1.54) is 11.8 Å². The Kier molecular flexibility index (Phi) is 5.36. The van der Waals surface area contributed by atoms with Gasteiger partial charge in [-0.25, -0.2) is 5.43 Å². The molecule has 0 saturated heterocycles. The van der Waals surface area contributed by atoms with Crippen LogP contribution in [0.4, 0.5) is 5.69 Å². The number of aryl methyl sites for hydroxylation is 3. The van der Waals surface area contributed by atoms with E-state index >= 15 is 0 Å². The van der Waals surface area contributed by atoms with Gasteiger partial charge in [0.15, 0.2) is 0 Å². The first-order chi connectivity index (χ1) is 11.0. The number of amides is 1. The number of hydrogen-bond donors (Lipinski definition) is 3. The zero-order valence-electron chi connectivity index (χ0n) is 13.6. The second-order valence-electron chi connectivity index (χ2n) is 5.51. The Morgan fingerprint density at radius 3 is 2.35 bits per heavy atom. The van der Waals surface area contributed by atoms with Crippen molar-refractivity contribution in [1.29, 1.82) is 0 Å². The molecule has 1 amide bonds. The molecule has 0 radical (unpaired) electrons. The lowest BCUT2D eigenvalue weighted by Gasteiger charge is -2.13. The van der Waals surface area contributed by atoms with Gasteiger partial charge in [0.1, 0.15) is 5.75 Å². The van der Waals surface area contributed by atoms with E-state index in [9.17, 15) is 9.90 Å². The summed E-state index contributed by atoms with van der Waals surface area (Å²) >= 11 is 0. The predicted octanol–water partition coefficient (Wildman–Crippen LogP) is 2.88. The average Bonchev–Trinajstić information content (AvgIpc) is 2.48. The van der Waals surface area contributed by atoms with Crippen molar-refractivity contribution in [2.75, 3.05) is 11.9 Å². The number of nitrogens with one attached hydrogen (secondary N) is 2. The lowest BCUT2D eigenvalue weighted by molar-refractivity contribution is -0.119. The summed E-state index contributed by atoms with van der Waals surface area (Å²) in [6.45, 7) is 6.23. The number of rotatable bonds is 5. The number of nitrogens with zero attached hydrogens (tertiary/aromatic N) is 1. The smallest absolute Gasteiger partial charge is 0.259 e. The van der Waals surface area contributed by atoms with Crippen LogP contribution in [-0.4, -0.2) is 23.8 Å². The third-order valence-corrected chi connectivity index (χ3v) is 3.40. The Balaban J connectivity index is 1.87. The molecule has 2 rings (SSSR count). The molecule has 0 heterocycles. The lowest BCUT2D eigenvalue weighted by Crippen LogP contribution is -2.26. The summed E-state index contributed by atoms with van der Waals surface area (Å²) < 4.78 is 0.